The molecule has 1 atom stereocenters. The molecule has 0 saturated carbocycles. The molecule has 0 aromatic heterocycles. The van der Waals surface area contributed by atoms with E-state index in [9.17, 15) is 0 Å². The van der Waals surface area contributed by atoms with Crippen LogP contribution in [0.25, 0.3) is 0 Å². The molecule has 2 nitrogen and oxygen atoms in total. The summed E-state index contributed by atoms with van der Waals surface area (Å²) in [6.45, 7) is 0.649. The van der Waals surface area contributed by atoms with E-state index in [4.69, 9.17) is 17.0 Å². The normalized spacial score (nSPS) is 18.6. The molecule has 1 aromatic rings. The molecule has 0 fully saturated rings. The maximum atomic E-state index is 5.55. The van der Waals surface area contributed by atoms with Gasteiger partial charge in [-0.05, 0) is 6.07 Å². The van der Waals surface area contributed by atoms with Gasteiger partial charge in [-0.1, -0.05) is 30.4 Å². The van der Waals surface area contributed by atoms with Crippen LogP contribution in [0.1, 0.15) is 11.6 Å². The second kappa shape index (κ2) is 3.79. The van der Waals surface area contributed by atoms with Crippen LogP contribution in [0, 0.1) is 0 Å². The lowest BCUT2D eigenvalue weighted by Gasteiger charge is -2.23. The van der Waals surface area contributed by atoms with Crippen molar-refractivity contribution in [1.29, 1.82) is 0 Å². The summed E-state index contributed by atoms with van der Waals surface area (Å²) < 4.78 is 6.14. The van der Waals surface area contributed by atoms with Crippen LogP contribution in [0.5, 0.6) is 5.75 Å². The van der Waals surface area contributed by atoms with Crippen LogP contribution in [-0.4, -0.2) is 22.9 Å². The molecule has 1 heterocycles. The third-order valence-electron chi connectivity index (χ3n) is 2.44. The van der Waals surface area contributed by atoms with E-state index in [-0.39, 0.29) is 6.04 Å². The fraction of sp³-hybridized carbons (Fsp3) is 0.300. The van der Waals surface area contributed by atoms with Gasteiger partial charge in [-0.2, -0.15) is 0 Å². The summed E-state index contributed by atoms with van der Waals surface area (Å²) >= 11 is 9.18. The van der Waals surface area contributed by atoms with E-state index < -0.39 is 0 Å². The number of benzene rings is 1. The van der Waals surface area contributed by atoms with Crippen molar-refractivity contribution in [2.45, 2.75) is 6.04 Å². The minimum atomic E-state index is 0.205. The summed E-state index contributed by atoms with van der Waals surface area (Å²) in [7, 11) is 1.94. The fourth-order valence-corrected chi connectivity index (χ4v) is 1.87. The summed E-state index contributed by atoms with van der Waals surface area (Å²) in [5.41, 5.74) is 1.19. The van der Waals surface area contributed by atoms with Crippen LogP contribution in [-0.2, 0) is 0 Å². The number of rotatable bonds is 1. The third-order valence-corrected chi connectivity index (χ3v) is 3.05. The van der Waals surface area contributed by atoms with Crippen LogP contribution in [0.4, 0.5) is 0 Å². The maximum Gasteiger partial charge on any atom is 0.133 e. The van der Waals surface area contributed by atoms with Crippen LogP contribution in [0.3, 0.4) is 0 Å². The topological polar surface area (TPSA) is 12.5 Å². The Morgan fingerprint density at radius 3 is 3.00 bits per heavy atom. The van der Waals surface area contributed by atoms with E-state index in [0.29, 0.717) is 10.9 Å². The molecule has 1 unspecified atom stereocenters. The first kappa shape index (κ1) is 9.80. The third kappa shape index (κ3) is 1.60. The summed E-state index contributed by atoms with van der Waals surface area (Å²) in [6.07, 6.45) is 0. The zero-order valence-electron chi connectivity index (χ0n) is 7.80. The number of thiocarbonyl (C=S) groups is 1. The Labute approximate surface area is 94.3 Å². The summed E-state index contributed by atoms with van der Waals surface area (Å²) in [6, 6.07) is 8.23. The molecule has 2 rings (SSSR count). The lowest BCUT2D eigenvalue weighted by molar-refractivity contribution is 0.266. The number of para-hydroxylation sites is 1. The van der Waals surface area contributed by atoms with Crippen molar-refractivity contribution >= 4 is 29.2 Å². The number of thiol groups is 1. The van der Waals surface area contributed by atoms with Crippen molar-refractivity contribution in [3.63, 3.8) is 0 Å². The SMILES string of the molecule is CN(C(=S)S)C1COc2ccccc21. The molecule has 0 spiro atoms. The molecule has 1 aromatic carbocycles. The maximum absolute atomic E-state index is 5.55. The molecule has 0 aliphatic carbocycles. The molecular formula is C10H11NOS2. The van der Waals surface area contributed by atoms with Gasteiger partial charge >= 0.3 is 0 Å². The van der Waals surface area contributed by atoms with Crippen molar-refractivity contribution in [2.75, 3.05) is 13.7 Å². The monoisotopic (exact) mass is 225 g/mol. The molecule has 0 saturated heterocycles. The minimum Gasteiger partial charge on any atom is -0.491 e. The Balaban J connectivity index is 2.30. The second-order valence-electron chi connectivity index (χ2n) is 3.26. The van der Waals surface area contributed by atoms with E-state index in [1.54, 1.807) is 0 Å². The Kier molecular flexibility index (Phi) is 2.65. The number of hydrogen-bond donors (Lipinski definition) is 1. The highest BCUT2D eigenvalue weighted by atomic mass is 32.1. The summed E-state index contributed by atoms with van der Waals surface area (Å²) in [4.78, 5) is 1.95. The molecule has 0 amide bonds. The van der Waals surface area contributed by atoms with Crippen LogP contribution in [0.2, 0.25) is 0 Å². The molecule has 1 aliphatic heterocycles. The zero-order valence-corrected chi connectivity index (χ0v) is 9.52. The van der Waals surface area contributed by atoms with Gasteiger partial charge in [0.1, 0.15) is 16.7 Å². The average Bonchev–Trinajstić information content (AvgIpc) is 2.60. The number of fused-ring (bicyclic) bond motifs is 1. The Hall–Kier alpha value is -0.740. The largest absolute Gasteiger partial charge is 0.491 e. The van der Waals surface area contributed by atoms with Crippen molar-refractivity contribution in [2.24, 2.45) is 0 Å². The Bertz CT molecular complexity index is 367. The molecular weight excluding hydrogens is 214 g/mol. The summed E-state index contributed by atoms with van der Waals surface area (Å²) in [5.74, 6) is 0.953. The first-order chi connectivity index (χ1) is 6.70. The van der Waals surface area contributed by atoms with Gasteiger partial charge in [-0.3, -0.25) is 0 Å². The van der Waals surface area contributed by atoms with Crippen LogP contribution in [0.15, 0.2) is 24.3 Å². The average molecular weight is 225 g/mol. The lowest BCUT2D eigenvalue weighted by Crippen LogP contribution is -2.27. The van der Waals surface area contributed by atoms with Gasteiger partial charge in [0.25, 0.3) is 0 Å². The van der Waals surface area contributed by atoms with Gasteiger partial charge in [0.2, 0.25) is 0 Å². The van der Waals surface area contributed by atoms with E-state index in [2.05, 4.69) is 18.7 Å². The molecule has 14 heavy (non-hydrogen) atoms. The minimum absolute atomic E-state index is 0.205. The van der Waals surface area contributed by atoms with Gasteiger partial charge in [0.15, 0.2) is 0 Å². The molecule has 74 valence electrons. The highest BCUT2D eigenvalue weighted by molar-refractivity contribution is 8.10. The first-order valence-corrected chi connectivity index (χ1v) is 5.23. The van der Waals surface area contributed by atoms with Crippen molar-refractivity contribution in [3.8, 4) is 5.75 Å². The quantitative estimate of drug-likeness (QED) is 0.582. The van der Waals surface area contributed by atoms with Gasteiger partial charge in [-0.25, -0.2) is 0 Å². The Morgan fingerprint density at radius 2 is 2.29 bits per heavy atom. The van der Waals surface area contributed by atoms with Gasteiger partial charge < -0.3 is 9.64 Å². The predicted octanol–water partition coefficient (Wildman–Crippen LogP) is 2.27. The van der Waals surface area contributed by atoms with Crippen molar-refractivity contribution < 1.29 is 4.74 Å². The number of likely N-dealkylation sites (N-methyl/N-ethyl adjacent to an activating group) is 1. The van der Waals surface area contributed by atoms with Crippen molar-refractivity contribution in [1.82, 2.24) is 4.90 Å². The van der Waals surface area contributed by atoms with E-state index in [0.717, 1.165) is 5.75 Å². The molecule has 1 aliphatic rings. The smallest absolute Gasteiger partial charge is 0.133 e. The van der Waals surface area contributed by atoms with Gasteiger partial charge in [-0.15, -0.1) is 12.6 Å². The summed E-state index contributed by atoms with van der Waals surface area (Å²) in [5, 5.41) is 0. The van der Waals surface area contributed by atoms with Crippen LogP contribution < -0.4 is 4.74 Å². The van der Waals surface area contributed by atoms with Crippen molar-refractivity contribution in [3.05, 3.63) is 29.8 Å². The molecule has 4 heteroatoms. The Morgan fingerprint density at radius 1 is 1.57 bits per heavy atom. The lowest BCUT2D eigenvalue weighted by atomic mass is 10.1. The van der Waals surface area contributed by atoms with Crippen LogP contribution >= 0.6 is 24.8 Å². The standard InChI is InChI=1S/C10H11NOS2/c1-11(10(13)14)8-6-12-9-5-3-2-4-7(8)9/h2-5,8H,6H2,1H3,(H,13,14). The highest BCUT2D eigenvalue weighted by Crippen LogP contribution is 2.35. The molecule has 0 bridgehead atoms. The zero-order chi connectivity index (χ0) is 10.1. The van der Waals surface area contributed by atoms with E-state index in [1.807, 2.05) is 30.1 Å². The second-order valence-corrected chi connectivity index (χ2v) is 4.37. The van der Waals surface area contributed by atoms with Gasteiger partial charge in [0.05, 0.1) is 6.04 Å². The number of ether oxygens (including phenoxy) is 1. The van der Waals surface area contributed by atoms with E-state index >= 15 is 0 Å². The number of nitrogens with zero attached hydrogens (tertiary/aromatic N) is 1. The highest BCUT2D eigenvalue weighted by Gasteiger charge is 2.27. The predicted molar refractivity (Wildman–Crippen MR) is 64.0 cm³/mol. The molecule has 0 N–H and O–H groups in total. The fourth-order valence-electron chi connectivity index (χ4n) is 1.60. The van der Waals surface area contributed by atoms with E-state index in [1.165, 1.54) is 5.56 Å². The van der Waals surface area contributed by atoms with Gasteiger partial charge in [0, 0.05) is 12.6 Å². The number of hydrogen-bond acceptors (Lipinski definition) is 2. The first-order valence-electron chi connectivity index (χ1n) is 4.37. The molecule has 0 radical (unpaired) electrons.